The van der Waals surface area contributed by atoms with Gasteiger partial charge in [-0.15, -0.1) is 11.3 Å². The van der Waals surface area contributed by atoms with E-state index in [2.05, 4.69) is 4.98 Å². The molecule has 2 aromatic heterocycles. The van der Waals surface area contributed by atoms with Crippen molar-refractivity contribution in [3.8, 4) is 11.5 Å². The van der Waals surface area contributed by atoms with Crippen LogP contribution in [-0.2, 0) is 0 Å². The number of rotatable bonds is 5. The maximum absolute atomic E-state index is 14.0. The number of benzene rings is 1. The van der Waals surface area contributed by atoms with E-state index in [9.17, 15) is 4.39 Å². The predicted molar refractivity (Wildman–Crippen MR) is 99.2 cm³/mol. The fourth-order valence-corrected chi connectivity index (χ4v) is 3.18. The number of halogens is 1. The minimum atomic E-state index is -0.525. The van der Waals surface area contributed by atoms with Gasteiger partial charge in [-0.3, -0.25) is 4.98 Å². The largest absolute Gasteiger partial charge is 0.453 e. The molecule has 0 bridgehead atoms. The number of hydrogen-bond acceptors (Lipinski definition) is 7. The van der Waals surface area contributed by atoms with Crippen molar-refractivity contribution in [1.29, 1.82) is 0 Å². The Balaban J connectivity index is 1.98. The van der Waals surface area contributed by atoms with Crippen molar-refractivity contribution in [3.05, 3.63) is 53.4 Å². The number of aromatic nitrogens is 1. The van der Waals surface area contributed by atoms with Gasteiger partial charge in [0.05, 0.1) is 20.8 Å². The Morgan fingerprint density at radius 3 is 2.84 bits per heavy atom. The molecular formula is C17H18FN5OS. The summed E-state index contributed by atoms with van der Waals surface area (Å²) in [4.78, 5) is 5.12. The van der Waals surface area contributed by atoms with E-state index >= 15 is 0 Å². The standard InChI is InChI=1S/C17H18FN5OS/c1-2-23(21)9-12(20)16-8-13-17(25-16)15(5-6-22-13)24-14-4-3-10(19)7-11(14)18/h3-9H,2,19-21H2,1H3/b12-9-. The first-order chi connectivity index (χ1) is 12.0. The molecule has 6 N–H and O–H groups in total. The predicted octanol–water partition coefficient (Wildman–Crippen LogP) is 3.26. The third kappa shape index (κ3) is 3.65. The van der Waals surface area contributed by atoms with E-state index in [4.69, 9.17) is 22.0 Å². The van der Waals surface area contributed by atoms with Gasteiger partial charge in [-0.05, 0) is 25.1 Å². The summed E-state index contributed by atoms with van der Waals surface area (Å²) >= 11 is 1.40. The second-order valence-electron chi connectivity index (χ2n) is 5.34. The molecule has 0 radical (unpaired) electrons. The van der Waals surface area contributed by atoms with Crippen LogP contribution < -0.4 is 22.0 Å². The molecule has 1 aromatic carbocycles. The van der Waals surface area contributed by atoms with Crippen LogP contribution in [0.2, 0.25) is 0 Å². The first-order valence-electron chi connectivity index (χ1n) is 7.58. The number of nitrogens with zero attached hydrogens (tertiary/aromatic N) is 2. The summed E-state index contributed by atoms with van der Waals surface area (Å²) < 4.78 is 20.5. The first kappa shape index (κ1) is 17.0. The quantitative estimate of drug-likeness (QED) is 0.367. The Morgan fingerprint density at radius 2 is 2.12 bits per heavy atom. The highest BCUT2D eigenvalue weighted by Gasteiger charge is 2.13. The zero-order valence-electron chi connectivity index (χ0n) is 13.6. The van der Waals surface area contributed by atoms with Gasteiger partial charge in [0.1, 0.15) is 5.75 Å². The van der Waals surface area contributed by atoms with Gasteiger partial charge in [-0.25, -0.2) is 10.2 Å². The van der Waals surface area contributed by atoms with Crippen LogP contribution in [-0.4, -0.2) is 16.5 Å². The van der Waals surface area contributed by atoms with Crippen molar-refractivity contribution in [2.24, 2.45) is 11.6 Å². The summed E-state index contributed by atoms with van der Waals surface area (Å²) in [7, 11) is 0. The lowest BCUT2D eigenvalue weighted by molar-refractivity contribution is 0.418. The third-order valence-corrected chi connectivity index (χ3v) is 4.69. The average molecular weight is 359 g/mol. The van der Waals surface area contributed by atoms with E-state index in [0.717, 1.165) is 9.58 Å². The fourth-order valence-electron chi connectivity index (χ4n) is 2.19. The summed E-state index contributed by atoms with van der Waals surface area (Å²) in [6, 6.07) is 7.82. The molecule has 2 heterocycles. The molecule has 6 nitrogen and oxygen atoms in total. The summed E-state index contributed by atoms with van der Waals surface area (Å²) in [5.74, 6) is 5.83. The van der Waals surface area contributed by atoms with E-state index < -0.39 is 5.82 Å². The maximum Gasteiger partial charge on any atom is 0.167 e. The lowest BCUT2D eigenvalue weighted by Crippen LogP contribution is -2.25. The van der Waals surface area contributed by atoms with Gasteiger partial charge < -0.3 is 21.2 Å². The minimum absolute atomic E-state index is 0.0966. The van der Waals surface area contributed by atoms with Gasteiger partial charge in [-0.1, -0.05) is 0 Å². The molecule has 0 saturated heterocycles. The molecule has 0 saturated carbocycles. The topological polar surface area (TPSA) is 103 Å². The number of nitrogens with two attached hydrogens (primary N) is 3. The Labute approximate surface area is 148 Å². The molecule has 0 fully saturated rings. The summed E-state index contributed by atoms with van der Waals surface area (Å²) in [5, 5.41) is 1.49. The summed E-state index contributed by atoms with van der Waals surface area (Å²) in [5.41, 5.74) is 13.2. The van der Waals surface area contributed by atoms with E-state index in [-0.39, 0.29) is 5.75 Å². The number of hydrogen-bond donors (Lipinski definition) is 3. The molecule has 3 rings (SSSR count). The normalized spacial score (nSPS) is 11.7. The SMILES string of the molecule is CCN(N)/C=C(\N)c1cc2nccc(Oc3ccc(N)cc3F)c2s1. The molecule has 130 valence electrons. The van der Waals surface area contributed by atoms with Crippen LogP contribution in [0, 0.1) is 5.82 Å². The van der Waals surface area contributed by atoms with Gasteiger partial charge in [0.25, 0.3) is 0 Å². The monoisotopic (exact) mass is 359 g/mol. The van der Waals surface area contributed by atoms with E-state index in [1.807, 2.05) is 13.0 Å². The number of nitrogen functional groups attached to an aromatic ring is 1. The highest BCUT2D eigenvalue weighted by molar-refractivity contribution is 7.20. The zero-order valence-corrected chi connectivity index (χ0v) is 14.4. The van der Waals surface area contributed by atoms with Gasteiger partial charge in [0.15, 0.2) is 11.6 Å². The molecule has 8 heteroatoms. The third-order valence-electron chi connectivity index (χ3n) is 3.51. The van der Waals surface area contributed by atoms with Crippen LogP contribution >= 0.6 is 11.3 Å². The molecule has 0 aliphatic rings. The van der Waals surface area contributed by atoms with Crippen LogP contribution in [0.5, 0.6) is 11.5 Å². The first-order valence-corrected chi connectivity index (χ1v) is 8.40. The molecular weight excluding hydrogens is 341 g/mol. The fraction of sp³-hybridized carbons (Fsp3) is 0.118. The van der Waals surface area contributed by atoms with Gasteiger partial charge >= 0.3 is 0 Å². The van der Waals surface area contributed by atoms with Crippen LogP contribution in [0.15, 0.2) is 42.7 Å². The van der Waals surface area contributed by atoms with Gasteiger partial charge in [-0.2, -0.15) is 0 Å². The van der Waals surface area contributed by atoms with E-state index in [1.165, 1.54) is 28.5 Å². The van der Waals surface area contributed by atoms with Gasteiger partial charge in [0.2, 0.25) is 0 Å². The van der Waals surface area contributed by atoms with E-state index in [1.54, 1.807) is 24.5 Å². The molecule has 0 unspecified atom stereocenters. The van der Waals surface area contributed by atoms with Crippen LogP contribution in [0.25, 0.3) is 15.9 Å². The lowest BCUT2D eigenvalue weighted by atomic mass is 10.3. The van der Waals surface area contributed by atoms with Crippen LogP contribution in [0.4, 0.5) is 10.1 Å². The van der Waals surface area contributed by atoms with Crippen molar-refractivity contribution in [1.82, 2.24) is 9.99 Å². The summed E-state index contributed by atoms with van der Waals surface area (Å²) in [6.07, 6.45) is 3.26. The molecule has 25 heavy (non-hydrogen) atoms. The van der Waals surface area contributed by atoms with Crippen molar-refractivity contribution in [2.75, 3.05) is 12.3 Å². The highest BCUT2D eigenvalue weighted by Crippen LogP contribution is 2.37. The van der Waals surface area contributed by atoms with Gasteiger partial charge in [0, 0.05) is 36.8 Å². The Morgan fingerprint density at radius 1 is 1.32 bits per heavy atom. The van der Waals surface area contributed by atoms with Crippen molar-refractivity contribution >= 4 is 32.9 Å². The minimum Gasteiger partial charge on any atom is -0.453 e. The second kappa shape index (κ2) is 6.96. The number of ether oxygens (including phenoxy) is 1. The Hall–Kier alpha value is -2.84. The smallest absolute Gasteiger partial charge is 0.167 e. The summed E-state index contributed by atoms with van der Waals surface area (Å²) in [6.45, 7) is 2.55. The number of thiophene rings is 1. The zero-order chi connectivity index (χ0) is 18.0. The number of fused-ring (bicyclic) bond motifs is 1. The molecule has 0 aliphatic heterocycles. The van der Waals surface area contributed by atoms with Crippen LogP contribution in [0.3, 0.4) is 0 Å². The molecule has 0 aliphatic carbocycles. The van der Waals surface area contributed by atoms with Crippen molar-refractivity contribution in [3.63, 3.8) is 0 Å². The molecule has 0 atom stereocenters. The van der Waals surface area contributed by atoms with Crippen LogP contribution in [0.1, 0.15) is 11.8 Å². The number of hydrazine groups is 1. The molecule has 0 amide bonds. The number of pyridine rings is 1. The van der Waals surface area contributed by atoms with Crippen molar-refractivity contribution in [2.45, 2.75) is 6.92 Å². The maximum atomic E-state index is 14.0. The average Bonchev–Trinajstić information content (AvgIpc) is 3.02. The van der Waals surface area contributed by atoms with Crippen molar-refractivity contribution < 1.29 is 9.13 Å². The Kier molecular flexibility index (Phi) is 4.73. The molecule has 3 aromatic rings. The number of anilines is 1. The lowest BCUT2D eigenvalue weighted by Gasteiger charge is -2.10. The molecule has 0 spiro atoms. The second-order valence-corrected chi connectivity index (χ2v) is 6.39. The van der Waals surface area contributed by atoms with E-state index in [0.29, 0.717) is 29.2 Å². The highest BCUT2D eigenvalue weighted by atomic mass is 32.1. The Bertz CT molecular complexity index is 940.